The third kappa shape index (κ3) is 5.62. The number of hydrogen-bond acceptors (Lipinski definition) is 5. The molecule has 0 unspecified atom stereocenters. The van der Waals surface area contributed by atoms with Crippen molar-refractivity contribution in [2.45, 2.75) is 13.8 Å². The van der Waals surface area contributed by atoms with Crippen LogP contribution in [0, 0.1) is 6.92 Å². The number of carbonyl (C=O) groups excluding carboxylic acids is 2. The normalized spacial score (nSPS) is 10.8. The second-order valence-electron chi connectivity index (χ2n) is 6.56. The van der Waals surface area contributed by atoms with E-state index in [1.165, 1.54) is 24.5 Å². The fourth-order valence-corrected chi connectivity index (χ4v) is 4.39. The van der Waals surface area contributed by atoms with Gasteiger partial charge >= 0.3 is 5.97 Å². The van der Waals surface area contributed by atoms with E-state index in [1.54, 1.807) is 6.08 Å². The lowest BCUT2D eigenvalue weighted by atomic mass is 10.0. The van der Waals surface area contributed by atoms with Crippen molar-refractivity contribution < 1.29 is 19.1 Å². The van der Waals surface area contributed by atoms with Crippen molar-refractivity contribution >= 4 is 50.2 Å². The largest absolute Gasteiger partial charge is 0.494 e. The lowest BCUT2D eigenvalue weighted by molar-refractivity contribution is -0.111. The fraction of sp³-hybridized carbons (Fsp3) is 0.167. The molecule has 0 fully saturated rings. The zero-order chi connectivity index (χ0) is 22.4. The predicted octanol–water partition coefficient (Wildman–Crippen LogP) is 6.32. The molecule has 0 spiro atoms. The Morgan fingerprint density at radius 2 is 1.77 bits per heavy atom. The second-order valence-corrected chi connectivity index (χ2v) is 8.70. The minimum Gasteiger partial charge on any atom is -0.494 e. The molecule has 7 heteroatoms. The highest BCUT2D eigenvalue weighted by Gasteiger charge is 2.24. The number of aryl methyl sites for hydroxylation is 1. The number of halogens is 1. The highest BCUT2D eigenvalue weighted by atomic mass is 79.9. The van der Waals surface area contributed by atoms with Gasteiger partial charge in [0.05, 0.1) is 13.7 Å². The van der Waals surface area contributed by atoms with Crippen LogP contribution in [-0.2, 0) is 9.53 Å². The number of hydrogen-bond donors (Lipinski definition) is 1. The Balaban J connectivity index is 1.85. The van der Waals surface area contributed by atoms with E-state index in [-0.39, 0.29) is 5.91 Å². The van der Waals surface area contributed by atoms with E-state index in [0.29, 0.717) is 17.2 Å². The number of esters is 1. The van der Waals surface area contributed by atoms with Crippen molar-refractivity contribution in [2.75, 3.05) is 19.0 Å². The third-order valence-corrected chi connectivity index (χ3v) is 6.01. The Hall–Kier alpha value is -2.90. The number of anilines is 1. The molecule has 1 N–H and O–H groups in total. The van der Waals surface area contributed by atoms with Crippen molar-refractivity contribution in [1.82, 2.24) is 0 Å². The molecule has 1 heterocycles. The zero-order valence-electron chi connectivity index (χ0n) is 17.4. The minimum atomic E-state index is -0.493. The van der Waals surface area contributed by atoms with E-state index in [9.17, 15) is 9.59 Å². The summed E-state index contributed by atoms with van der Waals surface area (Å²) in [4.78, 5) is 26.0. The smallest absolute Gasteiger partial charge is 0.341 e. The van der Waals surface area contributed by atoms with Crippen LogP contribution in [-0.4, -0.2) is 25.6 Å². The predicted molar refractivity (Wildman–Crippen MR) is 129 cm³/mol. The van der Waals surface area contributed by atoms with E-state index < -0.39 is 5.97 Å². The average molecular weight is 500 g/mol. The number of methoxy groups -OCH3 is 1. The first-order valence-electron chi connectivity index (χ1n) is 9.62. The van der Waals surface area contributed by atoms with Gasteiger partial charge in [-0.25, -0.2) is 4.79 Å². The van der Waals surface area contributed by atoms with Gasteiger partial charge in [-0.2, -0.15) is 0 Å². The summed E-state index contributed by atoms with van der Waals surface area (Å²) in [5.41, 5.74) is 2.86. The molecule has 0 aliphatic heterocycles. The van der Waals surface area contributed by atoms with Gasteiger partial charge in [0, 0.05) is 21.0 Å². The summed E-state index contributed by atoms with van der Waals surface area (Å²) in [7, 11) is 1.33. The molecule has 0 aliphatic carbocycles. The Kier molecular flexibility index (Phi) is 7.65. The van der Waals surface area contributed by atoms with Crippen LogP contribution < -0.4 is 10.1 Å². The molecule has 5 nitrogen and oxygen atoms in total. The molecule has 0 radical (unpaired) electrons. The maximum Gasteiger partial charge on any atom is 0.341 e. The van der Waals surface area contributed by atoms with Crippen LogP contribution in [0.5, 0.6) is 5.75 Å². The topological polar surface area (TPSA) is 64.6 Å². The molecule has 3 aromatic rings. The van der Waals surface area contributed by atoms with Crippen LogP contribution in [0.15, 0.2) is 59.1 Å². The molecular formula is C24H22BrNO4S. The summed E-state index contributed by atoms with van der Waals surface area (Å²) in [5.74, 6) is -0.0444. The lowest BCUT2D eigenvalue weighted by Gasteiger charge is -2.07. The lowest BCUT2D eigenvalue weighted by Crippen LogP contribution is -2.11. The van der Waals surface area contributed by atoms with Crippen molar-refractivity contribution in [2.24, 2.45) is 0 Å². The van der Waals surface area contributed by atoms with Crippen LogP contribution in [0.4, 0.5) is 5.00 Å². The first-order chi connectivity index (χ1) is 14.9. The number of nitrogens with one attached hydrogen (secondary N) is 1. The van der Waals surface area contributed by atoms with Gasteiger partial charge < -0.3 is 14.8 Å². The van der Waals surface area contributed by atoms with Gasteiger partial charge in [-0.15, -0.1) is 11.3 Å². The molecule has 0 saturated carbocycles. The molecule has 0 aliphatic rings. The number of carbonyl (C=O) groups is 2. The molecule has 31 heavy (non-hydrogen) atoms. The summed E-state index contributed by atoms with van der Waals surface area (Å²) in [6, 6.07) is 15.1. The van der Waals surface area contributed by atoms with Crippen LogP contribution in [0.1, 0.15) is 27.7 Å². The molecule has 0 saturated heterocycles. The number of amides is 1. The summed E-state index contributed by atoms with van der Waals surface area (Å²) in [6.45, 7) is 4.44. The minimum absolute atomic E-state index is 0.331. The third-order valence-electron chi connectivity index (χ3n) is 4.46. The highest BCUT2D eigenvalue weighted by Crippen LogP contribution is 2.40. The number of ether oxygens (including phenoxy) is 2. The quantitative estimate of drug-likeness (QED) is 0.305. The van der Waals surface area contributed by atoms with Crippen LogP contribution in [0.2, 0.25) is 0 Å². The summed E-state index contributed by atoms with van der Waals surface area (Å²) in [5, 5.41) is 3.29. The van der Waals surface area contributed by atoms with E-state index in [0.717, 1.165) is 31.8 Å². The molecule has 2 aromatic carbocycles. The number of benzene rings is 2. The highest BCUT2D eigenvalue weighted by molar-refractivity contribution is 9.10. The second kappa shape index (κ2) is 10.4. The van der Waals surface area contributed by atoms with Gasteiger partial charge in [0.2, 0.25) is 5.91 Å². The maximum absolute atomic E-state index is 12.5. The fourth-order valence-electron chi connectivity index (χ4n) is 3.06. The van der Waals surface area contributed by atoms with E-state index >= 15 is 0 Å². The van der Waals surface area contributed by atoms with Gasteiger partial charge in [0.15, 0.2) is 0 Å². The van der Waals surface area contributed by atoms with E-state index in [2.05, 4.69) is 21.2 Å². The van der Waals surface area contributed by atoms with Crippen LogP contribution >= 0.6 is 27.3 Å². The number of rotatable bonds is 7. The summed E-state index contributed by atoms with van der Waals surface area (Å²) < 4.78 is 11.4. The molecule has 0 bridgehead atoms. The Labute approximate surface area is 193 Å². The van der Waals surface area contributed by atoms with Crippen LogP contribution in [0.3, 0.4) is 0 Å². The van der Waals surface area contributed by atoms with Gasteiger partial charge in [0.25, 0.3) is 0 Å². The van der Waals surface area contributed by atoms with E-state index in [4.69, 9.17) is 9.47 Å². The Morgan fingerprint density at radius 1 is 1.10 bits per heavy atom. The average Bonchev–Trinajstić information content (AvgIpc) is 3.09. The summed E-state index contributed by atoms with van der Waals surface area (Å²) in [6.07, 6.45) is 3.14. The zero-order valence-corrected chi connectivity index (χ0v) is 19.8. The molecule has 3 rings (SSSR count). The standard InChI is InChI=1S/C24H22BrNO4S/c1-4-30-19-12-5-16(6-13-19)7-14-20(27)26-23-22(24(28)29-3)21(15(2)31-23)17-8-10-18(25)11-9-17/h5-14H,4H2,1-3H3,(H,26,27)/b14-7+. The Morgan fingerprint density at radius 3 is 2.39 bits per heavy atom. The van der Waals surface area contributed by atoms with Crippen molar-refractivity contribution in [3.63, 3.8) is 0 Å². The van der Waals surface area contributed by atoms with Gasteiger partial charge in [0.1, 0.15) is 16.3 Å². The molecule has 0 atom stereocenters. The van der Waals surface area contributed by atoms with Gasteiger partial charge in [-0.1, -0.05) is 40.2 Å². The van der Waals surface area contributed by atoms with E-state index in [1.807, 2.05) is 62.4 Å². The molecule has 160 valence electrons. The van der Waals surface area contributed by atoms with Gasteiger partial charge in [-0.05, 0) is 55.3 Å². The summed E-state index contributed by atoms with van der Waals surface area (Å²) >= 11 is 4.77. The first-order valence-corrected chi connectivity index (χ1v) is 11.2. The SMILES string of the molecule is CCOc1ccc(/C=C/C(=O)Nc2sc(C)c(-c3ccc(Br)cc3)c2C(=O)OC)cc1. The molecule has 1 aromatic heterocycles. The van der Waals surface area contributed by atoms with Crippen molar-refractivity contribution in [3.05, 3.63) is 75.1 Å². The maximum atomic E-state index is 12.5. The molecule has 1 amide bonds. The Bertz CT molecular complexity index is 1100. The van der Waals surface area contributed by atoms with Crippen LogP contribution in [0.25, 0.3) is 17.2 Å². The monoisotopic (exact) mass is 499 g/mol. The van der Waals surface area contributed by atoms with Crippen molar-refractivity contribution in [1.29, 1.82) is 0 Å². The first kappa shape index (κ1) is 22.8. The van der Waals surface area contributed by atoms with Gasteiger partial charge in [-0.3, -0.25) is 4.79 Å². The number of thiophene rings is 1. The molecular weight excluding hydrogens is 478 g/mol. The van der Waals surface area contributed by atoms with Crippen molar-refractivity contribution in [3.8, 4) is 16.9 Å².